The molecule has 10 nitrogen and oxygen atoms in total. The Labute approximate surface area is 206 Å². The minimum Gasteiger partial charge on any atom is -0.365 e. The fourth-order valence-electron chi connectivity index (χ4n) is 3.46. The average molecular weight is 546 g/mol. The predicted molar refractivity (Wildman–Crippen MR) is 134 cm³/mol. The molecule has 0 unspecified atom stereocenters. The number of hydrogen-bond acceptors (Lipinski definition) is 7. The summed E-state index contributed by atoms with van der Waals surface area (Å²) < 4.78 is 23.5. The first-order valence-corrected chi connectivity index (χ1v) is 12.9. The smallest absolute Gasteiger partial charge is 0.321 e. The van der Waals surface area contributed by atoms with Gasteiger partial charge in [0.2, 0.25) is 16.0 Å². The summed E-state index contributed by atoms with van der Waals surface area (Å²) in [4.78, 5) is 23.0. The van der Waals surface area contributed by atoms with Gasteiger partial charge in [0.1, 0.15) is 5.82 Å². The molecule has 2 aromatic carbocycles. The summed E-state index contributed by atoms with van der Waals surface area (Å²) in [5.74, 6) is 0.935. The molecule has 0 radical (unpaired) electrons. The maximum absolute atomic E-state index is 12.3. The molecule has 34 heavy (non-hydrogen) atoms. The topological polar surface area (TPSA) is 142 Å². The van der Waals surface area contributed by atoms with E-state index < -0.39 is 10.0 Å². The highest BCUT2D eigenvalue weighted by Gasteiger charge is 2.17. The van der Waals surface area contributed by atoms with Crippen molar-refractivity contribution in [3.8, 4) is 0 Å². The molecule has 0 saturated carbocycles. The van der Waals surface area contributed by atoms with Gasteiger partial charge in [-0.05, 0) is 64.7 Å². The van der Waals surface area contributed by atoms with Gasteiger partial charge >= 0.3 is 6.03 Å². The number of benzene rings is 2. The zero-order valence-electron chi connectivity index (χ0n) is 18.2. The molecular formula is C22H24BrN7O3S. The third-order valence-electron chi connectivity index (χ3n) is 5.22. The monoisotopic (exact) mass is 545 g/mol. The fraction of sp³-hybridized carbons (Fsp3) is 0.227. The van der Waals surface area contributed by atoms with Crippen LogP contribution in [0.2, 0.25) is 0 Å². The summed E-state index contributed by atoms with van der Waals surface area (Å²) >= 11 is 3.43. The number of rotatable bonds is 7. The van der Waals surface area contributed by atoms with E-state index in [2.05, 4.69) is 41.8 Å². The van der Waals surface area contributed by atoms with Crippen LogP contribution in [0, 0.1) is 0 Å². The number of anilines is 4. The number of halogens is 1. The molecule has 1 aromatic heterocycles. The van der Waals surface area contributed by atoms with E-state index in [1.54, 1.807) is 23.2 Å². The number of nitrogens with zero attached hydrogens (tertiary/aromatic N) is 3. The second-order valence-electron chi connectivity index (χ2n) is 7.76. The largest absolute Gasteiger partial charge is 0.365 e. The molecule has 12 heteroatoms. The Morgan fingerprint density at radius 1 is 1.09 bits per heavy atom. The van der Waals surface area contributed by atoms with Crippen molar-refractivity contribution >= 4 is 55.1 Å². The lowest BCUT2D eigenvalue weighted by Gasteiger charge is -2.16. The maximum atomic E-state index is 12.3. The van der Waals surface area contributed by atoms with Gasteiger partial charge in [-0.2, -0.15) is 4.98 Å². The van der Waals surface area contributed by atoms with E-state index in [4.69, 9.17) is 5.14 Å². The first kappa shape index (κ1) is 23.9. The van der Waals surface area contributed by atoms with Crippen molar-refractivity contribution in [2.45, 2.75) is 24.3 Å². The number of primary sulfonamides is 1. The van der Waals surface area contributed by atoms with Crippen LogP contribution in [0.4, 0.5) is 27.9 Å². The maximum Gasteiger partial charge on any atom is 0.321 e. The predicted octanol–water partition coefficient (Wildman–Crippen LogP) is 3.87. The summed E-state index contributed by atoms with van der Waals surface area (Å²) in [6.45, 7) is 1.98. The van der Waals surface area contributed by atoms with Gasteiger partial charge in [0.15, 0.2) is 0 Å². The Balaban J connectivity index is 1.40. The second-order valence-corrected chi connectivity index (χ2v) is 10.2. The highest BCUT2D eigenvalue weighted by atomic mass is 79.9. The molecule has 178 valence electrons. The van der Waals surface area contributed by atoms with E-state index >= 15 is 0 Å². The number of sulfonamides is 1. The minimum absolute atomic E-state index is 0.0600. The van der Waals surface area contributed by atoms with Crippen LogP contribution in [-0.2, 0) is 16.6 Å². The van der Waals surface area contributed by atoms with E-state index in [1.807, 2.05) is 24.3 Å². The van der Waals surface area contributed by atoms with Crippen LogP contribution in [0.25, 0.3) is 0 Å². The number of nitrogens with one attached hydrogen (secondary N) is 3. The minimum atomic E-state index is -3.73. The van der Waals surface area contributed by atoms with Gasteiger partial charge < -0.3 is 20.9 Å². The van der Waals surface area contributed by atoms with Crippen molar-refractivity contribution < 1.29 is 13.2 Å². The third-order valence-corrected chi connectivity index (χ3v) is 6.73. The molecule has 5 N–H and O–H groups in total. The van der Waals surface area contributed by atoms with Crippen molar-refractivity contribution in [3.63, 3.8) is 0 Å². The van der Waals surface area contributed by atoms with E-state index in [1.165, 1.54) is 12.1 Å². The second kappa shape index (κ2) is 10.4. The van der Waals surface area contributed by atoms with Crippen LogP contribution in [-0.4, -0.2) is 42.4 Å². The summed E-state index contributed by atoms with van der Waals surface area (Å²) in [6, 6.07) is 13.5. The molecule has 0 atom stereocenters. The number of carbonyl (C=O) groups is 1. The molecule has 2 amide bonds. The van der Waals surface area contributed by atoms with Gasteiger partial charge in [-0.1, -0.05) is 18.2 Å². The van der Waals surface area contributed by atoms with Crippen molar-refractivity contribution in [3.05, 3.63) is 64.8 Å². The summed E-state index contributed by atoms with van der Waals surface area (Å²) in [7, 11) is -3.73. The Hall–Kier alpha value is -3.22. The van der Waals surface area contributed by atoms with E-state index in [0.29, 0.717) is 28.5 Å². The molecule has 4 rings (SSSR count). The Kier molecular flexibility index (Phi) is 7.29. The zero-order valence-corrected chi connectivity index (χ0v) is 20.6. The first-order valence-electron chi connectivity index (χ1n) is 10.6. The highest BCUT2D eigenvalue weighted by molar-refractivity contribution is 9.10. The molecule has 1 saturated heterocycles. The van der Waals surface area contributed by atoms with Crippen LogP contribution in [0.1, 0.15) is 18.4 Å². The number of nitrogens with two attached hydrogens (primary N) is 1. The Bertz CT molecular complexity index is 1280. The zero-order chi connectivity index (χ0) is 24.1. The van der Waals surface area contributed by atoms with Gasteiger partial charge in [-0.25, -0.2) is 23.3 Å². The van der Waals surface area contributed by atoms with Gasteiger partial charge in [0.25, 0.3) is 0 Å². The van der Waals surface area contributed by atoms with Crippen LogP contribution in [0.3, 0.4) is 0 Å². The standard InChI is InChI=1S/C22H24BrN7O3S/c23-19-14-26-21(29-20(19)25-13-15-6-8-18(9-7-15)34(24,32)33)27-16-4-3-5-17(12-16)28-22(31)30-10-1-2-11-30/h3-9,12,14H,1-2,10-11,13H2,(H,28,31)(H2,24,32,33)(H2,25,26,27,29). The van der Waals surface area contributed by atoms with Crippen LogP contribution in [0.5, 0.6) is 0 Å². The number of hydrogen-bond donors (Lipinski definition) is 4. The lowest BCUT2D eigenvalue weighted by Crippen LogP contribution is -2.32. The molecule has 0 aliphatic carbocycles. The number of carbonyl (C=O) groups excluding carboxylic acids is 1. The van der Waals surface area contributed by atoms with Gasteiger partial charge in [0.05, 0.1) is 9.37 Å². The fourth-order valence-corrected chi connectivity index (χ4v) is 4.31. The average Bonchev–Trinajstić information content (AvgIpc) is 3.35. The van der Waals surface area contributed by atoms with Crippen molar-refractivity contribution in [1.29, 1.82) is 0 Å². The molecule has 0 spiro atoms. The summed E-state index contributed by atoms with van der Waals surface area (Å²) in [5.41, 5.74) is 2.26. The van der Waals surface area contributed by atoms with Gasteiger partial charge in [0, 0.05) is 37.2 Å². The number of aromatic nitrogens is 2. The van der Waals surface area contributed by atoms with Crippen molar-refractivity contribution in [1.82, 2.24) is 14.9 Å². The SMILES string of the molecule is NS(=O)(=O)c1ccc(CNc2nc(Nc3cccc(NC(=O)N4CCCC4)c3)ncc2Br)cc1. The first-order chi connectivity index (χ1) is 16.3. The lowest BCUT2D eigenvalue weighted by molar-refractivity contribution is 0.222. The van der Waals surface area contributed by atoms with Crippen LogP contribution in [0.15, 0.2) is 64.1 Å². The van der Waals surface area contributed by atoms with E-state index in [0.717, 1.165) is 37.2 Å². The third kappa shape index (κ3) is 6.22. The number of likely N-dealkylation sites (tertiary alicyclic amines) is 1. The molecule has 1 aliphatic rings. The molecule has 2 heterocycles. The highest BCUT2D eigenvalue weighted by Crippen LogP contribution is 2.24. The molecule has 3 aromatic rings. The Morgan fingerprint density at radius 2 is 1.79 bits per heavy atom. The number of urea groups is 1. The van der Waals surface area contributed by atoms with E-state index in [9.17, 15) is 13.2 Å². The quantitative estimate of drug-likeness (QED) is 0.352. The molecular weight excluding hydrogens is 522 g/mol. The normalized spacial score (nSPS) is 13.5. The van der Waals surface area contributed by atoms with Crippen LogP contribution < -0.4 is 21.1 Å². The Morgan fingerprint density at radius 3 is 2.50 bits per heavy atom. The molecule has 1 aliphatic heterocycles. The molecule has 0 bridgehead atoms. The van der Waals surface area contributed by atoms with Crippen molar-refractivity contribution in [2.75, 3.05) is 29.0 Å². The van der Waals surface area contributed by atoms with Crippen LogP contribution >= 0.6 is 15.9 Å². The summed E-state index contributed by atoms with van der Waals surface area (Å²) in [6.07, 6.45) is 3.70. The summed E-state index contributed by atoms with van der Waals surface area (Å²) in [5, 5.41) is 14.4. The van der Waals surface area contributed by atoms with Crippen molar-refractivity contribution in [2.24, 2.45) is 5.14 Å². The van der Waals surface area contributed by atoms with Gasteiger partial charge in [-0.3, -0.25) is 0 Å². The number of amides is 2. The lowest BCUT2D eigenvalue weighted by atomic mass is 10.2. The van der Waals surface area contributed by atoms with E-state index in [-0.39, 0.29) is 10.9 Å². The van der Waals surface area contributed by atoms with Gasteiger partial charge in [-0.15, -0.1) is 0 Å². The molecule has 1 fully saturated rings.